The first-order valence-electron chi connectivity index (χ1n) is 9.07. The fourth-order valence-corrected chi connectivity index (χ4v) is 3.40. The average molecular weight is 377 g/mol. The van der Waals surface area contributed by atoms with Crippen molar-refractivity contribution in [3.05, 3.63) is 34.4 Å². The first kappa shape index (κ1) is 19.1. The number of nitrogens with zero attached hydrogens (tertiary/aromatic N) is 3. The molecule has 1 aromatic rings. The van der Waals surface area contributed by atoms with E-state index in [0.717, 1.165) is 0 Å². The third-order valence-corrected chi connectivity index (χ3v) is 4.95. The van der Waals surface area contributed by atoms with Crippen LogP contribution in [0.2, 0.25) is 0 Å². The quantitative estimate of drug-likeness (QED) is 0.432. The lowest BCUT2D eigenvalue weighted by atomic mass is 9.96. The van der Waals surface area contributed by atoms with E-state index in [1.165, 1.54) is 6.07 Å². The minimum Gasteiger partial charge on any atom is -0.455 e. The largest absolute Gasteiger partial charge is 0.455 e. The molecule has 3 rings (SSSR count). The standard InChI is InChI=1S/C18H23N3O6/c22-17(20-9-11-26-12-10-20)13-27-18(23)14-5-7-19(8-6-14)15-3-1-2-4-16(15)21(24)25/h1-4,14H,5-13H2. The van der Waals surface area contributed by atoms with Gasteiger partial charge in [-0.1, -0.05) is 12.1 Å². The van der Waals surface area contributed by atoms with Crippen molar-refractivity contribution in [2.45, 2.75) is 12.8 Å². The zero-order valence-electron chi connectivity index (χ0n) is 15.0. The lowest BCUT2D eigenvalue weighted by Crippen LogP contribution is -2.43. The number of nitro groups is 1. The van der Waals surface area contributed by atoms with E-state index in [1.807, 2.05) is 4.90 Å². The molecular formula is C18H23N3O6. The molecule has 9 heteroatoms. The van der Waals surface area contributed by atoms with E-state index in [-0.39, 0.29) is 30.1 Å². The number of hydrogen-bond acceptors (Lipinski definition) is 7. The predicted molar refractivity (Wildman–Crippen MR) is 96.4 cm³/mol. The number of piperidine rings is 1. The van der Waals surface area contributed by atoms with Crippen LogP contribution in [0.15, 0.2) is 24.3 Å². The van der Waals surface area contributed by atoms with Gasteiger partial charge in [-0.3, -0.25) is 19.7 Å². The summed E-state index contributed by atoms with van der Waals surface area (Å²) in [5.74, 6) is -0.871. The maximum Gasteiger partial charge on any atom is 0.309 e. The Morgan fingerprint density at radius 3 is 2.48 bits per heavy atom. The molecule has 2 saturated heterocycles. The van der Waals surface area contributed by atoms with Gasteiger partial charge in [0.25, 0.3) is 11.6 Å². The first-order chi connectivity index (χ1) is 13.1. The van der Waals surface area contributed by atoms with Gasteiger partial charge >= 0.3 is 5.97 Å². The highest BCUT2D eigenvalue weighted by Gasteiger charge is 2.29. The minimum atomic E-state index is -0.396. The number of benzene rings is 1. The van der Waals surface area contributed by atoms with Gasteiger partial charge in [-0.2, -0.15) is 0 Å². The van der Waals surface area contributed by atoms with Crippen LogP contribution in [0.1, 0.15) is 12.8 Å². The third-order valence-electron chi connectivity index (χ3n) is 4.95. The van der Waals surface area contributed by atoms with Crippen molar-refractivity contribution in [3.8, 4) is 0 Å². The molecule has 2 aliphatic heterocycles. The fourth-order valence-electron chi connectivity index (χ4n) is 3.40. The summed E-state index contributed by atoms with van der Waals surface area (Å²) in [7, 11) is 0. The number of para-hydroxylation sites is 2. The maximum absolute atomic E-state index is 12.3. The molecule has 1 aromatic carbocycles. The van der Waals surface area contributed by atoms with Crippen LogP contribution in [-0.4, -0.2) is 67.7 Å². The lowest BCUT2D eigenvalue weighted by molar-refractivity contribution is -0.384. The molecule has 0 N–H and O–H groups in total. The van der Waals surface area contributed by atoms with Gasteiger partial charge in [-0.25, -0.2) is 0 Å². The van der Waals surface area contributed by atoms with Crippen molar-refractivity contribution < 1.29 is 24.0 Å². The van der Waals surface area contributed by atoms with Gasteiger partial charge in [0.2, 0.25) is 0 Å². The highest BCUT2D eigenvalue weighted by Crippen LogP contribution is 2.31. The molecule has 9 nitrogen and oxygen atoms in total. The molecular weight excluding hydrogens is 354 g/mol. The van der Waals surface area contributed by atoms with Crippen LogP contribution in [0, 0.1) is 16.0 Å². The molecule has 0 bridgehead atoms. The monoisotopic (exact) mass is 377 g/mol. The molecule has 2 heterocycles. The van der Waals surface area contributed by atoms with E-state index >= 15 is 0 Å². The van der Waals surface area contributed by atoms with E-state index in [0.29, 0.717) is 57.9 Å². The normalized spacial score (nSPS) is 18.2. The van der Waals surface area contributed by atoms with Gasteiger partial charge in [-0.05, 0) is 18.9 Å². The summed E-state index contributed by atoms with van der Waals surface area (Å²) in [5.41, 5.74) is 0.631. The Morgan fingerprint density at radius 1 is 1.15 bits per heavy atom. The second kappa shape index (κ2) is 8.81. The van der Waals surface area contributed by atoms with Crippen LogP contribution in [-0.2, 0) is 19.1 Å². The first-order valence-corrected chi connectivity index (χ1v) is 9.07. The van der Waals surface area contributed by atoms with Crippen molar-refractivity contribution in [2.75, 3.05) is 50.9 Å². The van der Waals surface area contributed by atoms with Gasteiger partial charge in [0.15, 0.2) is 6.61 Å². The van der Waals surface area contributed by atoms with Gasteiger partial charge < -0.3 is 19.3 Å². The summed E-state index contributed by atoms with van der Waals surface area (Å²) >= 11 is 0. The molecule has 0 atom stereocenters. The van der Waals surface area contributed by atoms with E-state index in [1.54, 1.807) is 23.1 Å². The number of rotatable bonds is 5. The van der Waals surface area contributed by atoms with Crippen LogP contribution < -0.4 is 4.90 Å². The molecule has 0 unspecified atom stereocenters. The van der Waals surface area contributed by atoms with Crippen molar-refractivity contribution >= 4 is 23.3 Å². The highest BCUT2D eigenvalue weighted by molar-refractivity contribution is 5.81. The molecule has 0 aliphatic carbocycles. The van der Waals surface area contributed by atoms with Crippen molar-refractivity contribution in [1.29, 1.82) is 0 Å². The molecule has 0 spiro atoms. The summed E-state index contributed by atoms with van der Waals surface area (Å²) < 4.78 is 10.4. The number of hydrogen-bond donors (Lipinski definition) is 0. The van der Waals surface area contributed by atoms with E-state index in [9.17, 15) is 19.7 Å². The second-order valence-electron chi connectivity index (χ2n) is 6.61. The van der Waals surface area contributed by atoms with E-state index in [2.05, 4.69) is 0 Å². The second-order valence-corrected chi connectivity index (χ2v) is 6.61. The van der Waals surface area contributed by atoms with Crippen LogP contribution in [0.4, 0.5) is 11.4 Å². The predicted octanol–water partition coefficient (Wildman–Crippen LogP) is 1.21. The Hall–Kier alpha value is -2.68. The lowest BCUT2D eigenvalue weighted by Gasteiger charge is -2.32. The van der Waals surface area contributed by atoms with Crippen molar-refractivity contribution in [3.63, 3.8) is 0 Å². The molecule has 0 saturated carbocycles. The number of anilines is 1. The van der Waals surface area contributed by atoms with Gasteiger partial charge in [-0.15, -0.1) is 0 Å². The Balaban J connectivity index is 1.48. The van der Waals surface area contributed by atoms with E-state index < -0.39 is 4.92 Å². The molecule has 2 fully saturated rings. The molecule has 146 valence electrons. The Bertz CT molecular complexity index is 696. The Kier molecular flexibility index (Phi) is 6.23. The van der Waals surface area contributed by atoms with E-state index in [4.69, 9.17) is 9.47 Å². The Morgan fingerprint density at radius 2 is 1.81 bits per heavy atom. The highest BCUT2D eigenvalue weighted by atomic mass is 16.6. The summed E-state index contributed by atoms with van der Waals surface area (Å²) in [5, 5.41) is 11.2. The number of ether oxygens (including phenoxy) is 2. The van der Waals surface area contributed by atoms with Crippen LogP contribution in [0.3, 0.4) is 0 Å². The summed E-state index contributed by atoms with van der Waals surface area (Å²) in [6.45, 7) is 2.86. The summed E-state index contributed by atoms with van der Waals surface area (Å²) in [6, 6.07) is 6.60. The number of esters is 1. The zero-order valence-corrected chi connectivity index (χ0v) is 15.0. The van der Waals surface area contributed by atoms with Crippen LogP contribution in [0.25, 0.3) is 0 Å². The topological polar surface area (TPSA) is 102 Å². The van der Waals surface area contributed by atoms with Crippen molar-refractivity contribution in [1.82, 2.24) is 4.90 Å². The average Bonchev–Trinajstić information content (AvgIpc) is 2.72. The number of nitro benzene ring substituents is 1. The SMILES string of the molecule is O=C(OCC(=O)N1CCOCC1)C1CCN(c2ccccc2[N+](=O)[O-])CC1. The number of morpholine rings is 1. The van der Waals surface area contributed by atoms with Crippen LogP contribution in [0.5, 0.6) is 0 Å². The third kappa shape index (κ3) is 4.73. The Labute approximate surface area is 157 Å². The maximum atomic E-state index is 12.3. The molecule has 1 amide bonds. The molecule has 0 radical (unpaired) electrons. The number of carbonyl (C=O) groups is 2. The number of amides is 1. The number of carbonyl (C=O) groups excluding carboxylic acids is 2. The van der Waals surface area contributed by atoms with Gasteiger partial charge in [0.1, 0.15) is 5.69 Å². The van der Waals surface area contributed by atoms with Gasteiger partial charge in [0, 0.05) is 32.2 Å². The smallest absolute Gasteiger partial charge is 0.309 e. The summed E-state index contributed by atoms with van der Waals surface area (Å²) in [6.07, 6.45) is 1.08. The molecule has 2 aliphatic rings. The summed E-state index contributed by atoms with van der Waals surface area (Å²) in [4.78, 5) is 38.6. The minimum absolute atomic E-state index is 0.0645. The zero-order chi connectivity index (χ0) is 19.2. The molecule has 27 heavy (non-hydrogen) atoms. The van der Waals surface area contributed by atoms with Crippen LogP contribution >= 0.6 is 0 Å². The fraction of sp³-hybridized carbons (Fsp3) is 0.556. The molecule has 0 aromatic heterocycles. The van der Waals surface area contributed by atoms with Gasteiger partial charge in [0.05, 0.1) is 24.1 Å². The van der Waals surface area contributed by atoms with Crippen molar-refractivity contribution in [2.24, 2.45) is 5.92 Å².